The van der Waals surface area contributed by atoms with Gasteiger partial charge in [0.2, 0.25) is 0 Å². The third-order valence-electron chi connectivity index (χ3n) is 4.83. The van der Waals surface area contributed by atoms with Crippen LogP contribution in [0.5, 0.6) is 0 Å². The maximum atomic E-state index is 13.6. The predicted molar refractivity (Wildman–Crippen MR) is 119 cm³/mol. The van der Waals surface area contributed by atoms with E-state index in [4.69, 9.17) is 0 Å². The Morgan fingerprint density at radius 3 is 2.55 bits per heavy atom. The lowest BCUT2D eigenvalue weighted by atomic mass is 10.1. The predicted octanol–water partition coefficient (Wildman–Crippen LogP) is 2.93. The number of hydrogen-bond acceptors (Lipinski definition) is 3. The zero-order valence-corrected chi connectivity index (χ0v) is 18.6. The molecule has 0 fully saturated rings. The van der Waals surface area contributed by atoms with Gasteiger partial charge in [-0.3, -0.25) is 9.79 Å². The van der Waals surface area contributed by atoms with Crippen LogP contribution in [-0.2, 0) is 0 Å². The van der Waals surface area contributed by atoms with Gasteiger partial charge in [-0.05, 0) is 70.9 Å². The first-order chi connectivity index (χ1) is 13.9. The zero-order valence-electron chi connectivity index (χ0n) is 18.6. The largest absolute Gasteiger partial charge is 0.357 e. The second kappa shape index (κ2) is 13.9. The van der Waals surface area contributed by atoms with E-state index in [0.29, 0.717) is 30.3 Å². The van der Waals surface area contributed by atoms with Crippen LogP contribution in [0.25, 0.3) is 0 Å². The highest BCUT2D eigenvalue weighted by atomic mass is 19.1. The summed E-state index contributed by atoms with van der Waals surface area (Å²) < 4.78 is 13.6. The summed E-state index contributed by atoms with van der Waals surface area (Å²) in [6.45, 7) is 15.1. The molecule has 0 aliphatic rings. The first-order valence-electron chi connectivity index (χ1n) is 10.7. The maximum Gasteiger partial charge on any atom is 0.251 e. The summed E-state index contributed by atoms with van der Waals surface area (Å²) in [4.78, 5) is 19.1. The average Bonchev–Trinajstić information content (AvgIpc) is 2.70. The van der Waals surface area contributed by atoms with Gasteiger partial charge in [-0.1, -0.05) is 19.9 Å². The Kier molecular flexibility index (Phi) is 12.0. The average molecular weight is 408 g/mol. The molecule has 0 aromatic heterocycles. The molecule has 1 aromatic rings. The Morgan fingerprint density at radius 2 is 1.93 bits per heavy atom. The van der Waals surface area contributed by atoms with Gasteiger partial charge in [0.15, 0.2) is 5.96 Å². The van der Waals surface area contributed by atoms with Gasteiger partial charge < -0.3 is 20.9 Å². The third-order valence-corrected chi connectivity index (χ3v) is 4.83. The number of amides is 1. The molecular formula is C22H38FN5O. The van der Waals surface area contributed by atoms with E-state index in [1.165, 1.54) is 6.07 Å². The number of aryl methyl sites for hydroxylation is 1. The number of benzene rings is 1. The summed E-state index contributed by atoms with van der Waals surface area (Å²) >= 11 is 0. The number of carbonyl (C=O) groups excluding carboxylic acids is 1. The van der Waals surface area contributed by atoms with Crippen LogP contribution in [0, 0.1) is 12.7 Å². The number of rotatable bonds is 12. The molecule has 0 saturated heterocycles. The summed E-state index contributed by atoms with van der Waals surface area (Å²) in [5, 5.41) is 9.44. The molecule has 1 aromatic carbocycles. The van der Waals surface area contributed by atoms with Gasteiger partial charge in [-0.15, -0.1) is 0 Å². The van der Waals surface area contributed by atoms with Gasteiger partial charge in [-0.2, -0.15) is 0 Å². The number of nitrogens with one attached hydrogen (secondary N) is 3. The van der Waals surface area contributed by atoms with Crippen LogP contribution in [0.4, 0.5) is 4.39 Å². The minimum Gasteiger partial charge on any atom is -0.357 e. The van der Waals surface area contributed by atoms with Gasteiger partial charge in [-0.25, -0.2) is 4.39 Å². The van der Waals surface area contributed by atoms with Crippen molar-refractivity contribution in [2.45, 2.75) is 53.5 Å². The molecule has 6 nitrogen and oxygen atoms in total. The smallest absolute Gasteiger partial charge is 0.251 e. The molecule has 7 heteroatoms. The molecule has 1 atom stereocenters. The fourth-order valence-corrected chi connectivity index (χ4v) is 2.96. The number of aliphatic imine (C=N–C) groups is 1. The quantitative estimate of drug-likeness (QED) is 0.283. The van der Waals surface area contributed by atoms with Crippen LogP contribution in [0.2, 0.25) is 0 Å². The molecule has 0 radical (unpaired) electrons. The van der Waals surface area contributed by atoms with Gasteiger partial charge in [0, 0.05) is 24.7 Å². The summed E-state index contributed by atoms with van der Waals surface area (Å²) in [5.41, 5.74) is 0.850. The van der Waals surface area contributed by atoms with Crippen molar-refractivity contribution in [1.29, 1.82) is 0 Å². The van der Waals surface area contributed by atoms with E-state index in [2.05, 4.69) is 46.6 Å². The summed E-state index contributed by atoms with van der Waals surface area (Å²) in [5.74, 6) is 0.0876. The Balaban J connectivity index is 2.42. The first-order valence-corrected chi connectivity index (χ1v) is 10.7. The van der Waals surface area contributed by atoms with Crippen LogP contribution < -0.4 is 16.0 Å². The van der Waals surface area contributed by atoms with Gasteiger partial charge >= 0.3 is 0 Å². The van der Waals surface area contributed by atoms with Crippen molar-refractivity contribution in [3.63, 3.8) is 0 Å². The van der Waals surface area contributed by atoms with Crippen molar-refractivity contribution in [2.75, 3.05) is 39.3 Å². The Hall–Kier alpha value is -2.15. The van der Waals surface area contributed by atoms with E-state index in [1.54, 1.807) is 19.1 Å². The van der Waals surface area contributed by atoms with Crippen molar-refractivity contribution >= 4 is 11.9 Å². The van der Waals surface area contributed by atoms with E-state index in [0.717, 1.165) is 45.0 Å². The van der Waals surface area contributed by atoms with E-state index < -0.39 is 0 Å². The van der Waals surface area contributed by atoms with Crippen LogP contribution in [0.3, 0.4) is 0 Å². The second-order valence-corrected chi connectivity index (χ2v) is 7.20. The number of halogens is 1. The highest BCUT2D eigenvalue weighted by Gasteiger charge is 2.08. The highest BCUT2D eigenvalue weighted by molar-refractivity contribution is 5.94. The van der Waals surface area contributed by atoms with Gasteiger partial charge in [0.1, 0.15) is 5.82 Å². The molecule has 0 spiro atoms. The number of nitrogens with zero attached hydrogens (tertiary/aromatic N) is 2. The second-order valence-electron chi connectivity index (χ2n) is 7.20. The fraction of sp³-hybridized carbons (Fsp3) is 0.636. The first kappa shape index (κ1) is 24.9. The van der Waals surface area contributed by atoms with E-state index in [9.17, 15) is 9.18 Å². The molecule has 29 heavy (non-hydrogen) atoms. The number of guanidine groups is 1. The monoisotopic (exact) mass is 407 g/mol. The van der Waals surface area contributed by atoms with Crippen LogP contribution in [-0.4, -0.2) is 62.1 Å². The molecule has 1 unspecified atom stereocenters. The van der Waals surface area contributed by atoms with Crippen molar-refractivity contribution in [3.8, 4) is 0 Å². The molecule has 0 aliphatic heterocycles. The molecule has 3 N–H and O–H groups in total. The standard InChI is InChI=1S/C22H38FN5O/c1-6-24-22(27-18(5)10-9-15-28(7-2)8-3)26-14-13-25-21(29)19-12-11-17(4)20(23)16-19/h11-12,16,18H,6-10,13-15H2,1-5H3,(H,25,29)(H2,24,26,27). The topological polar surface area (TPSA) is 68.8 Å². The SMILES string of the molecule is CCNC(=NCCNC(=O)c1ccc(C)c(F)c1)NC(C)CCCN(CC)CC. The van der Waals surface area contributed by atoms with E-state index in [-0.39, 0.29) is 11.7 Å². The zero-order chi connectivity index (χ0) is 21.6. The van der Waals surface area contributed by atoms with E-state index in [1.807, 2.05) is 6.92 Å². The summed E-state index contributed by atoms with van der Waals surface area (Å²) in [6, 6.07) is 4.81. The lowest BCUT2D eigenvalue weighted by Gasteiger charge is -2.21. The summed E-state index contributed by atoms with van der Waals surface area (Å²) in [6.07, 6.45) is 2.20. The van der Waals surface area contributed by atoms with Crippen molar-refractivity contribution < 1.29 is 9.18 Å². The maximum absolute atomic E-state index is 13.6. The Morgan fingerprint density at radius 1 is 1.21 bits per heavy atom. The van der Waals surface area contributed by atoms with E-state index >= 15 is 0 Å². The number of hydrogen-bond donors (Lipinski definition) is 3. The van der Waals surface area contributed by atoms with Crippen molar-refractivity contribution in [1.82, 2.24) is 20.9 Å². The molecule has 0 bridgehead atoms. The lowest BCUT2D eigenvalue weighted by molar-refractivity contribution is 0.0954. The molecular weight excluding hydrogens is 369 g/mol. The third kappa shape index (κ3) is 9.74. The number of carbonyl (C=O) groups is 1. The van der Waals surface area contributed by atoms with Crippen LogP contribution in [0.1, 0.15) is 56.5 Å². The Labute approximate surface area is 175 Å². The van der Waals surface area contributed by atoms with Crippen molar-refractivity contribution in [2.24, 2.45) is 4.99 Å². The minimum atomic E-state index is -0.371. The van der Waals surface area contributed by atoms with Crippen LogP contribution >= 0.6 is 0 Å². The minimum absolute atomic E-state index is 0.290. The summed E-state index contributed by atoms with van der Waals surface area (Å²) in [7, 11) is 0. The van der Waals surface area contributed by atoms with Gasteiger partial charge in [0.05, 0.1) is 6.54 Å². The fourth-order valence-electron chi connectivity index (χ4n) is 2.96. The molecule has 1 amide bonds. The van der Waals surface area contributed by atoms with Gasteiger partial charge in [0.25, 0.3) is 5.91 Å². The van der Waals surface area contributed by atoms with Crippen LogP contribution in [0.15, 0.2) is 23.2 Å². The molecule has 164 valence electrons. The lowest BCUT2D eigenvalue weighted by Crippen LogP contribution is -2.43. The Bertz CT molecular complexity index is 646. The highest BCUT2D eigenvalue weighted by Crippen LogP contribution is 2.08. The molecule has 0 aliphatic carbocycles. The molecule has 1 rings (SSSR count). The molecule has 0 saturated carbocycles. The normalized spacial score (nSPS) is 12.7. The van der Waals surface area contributed by atoms with Crippen molar-refractivity contribution in [3.05, 3.63) is 35.1 Å². The molecule has 0 heterocycles.